The van der Waals surface area contributed by atoms with E-state index in [1.165, 1.54) is 4.90 Å². The van der Waals surface area contributed by atoms with Gasteiger partial charge in [0.2, 0.25) is 5.91 Å². The Morgan fingerprint density at radius 3 is 2.89 bits per heavy atom. The summed E-state index contributed by atoms with van der Waals surface area (Å²) >= 11 is 0. The standard InChI is InChI=1S/C13H12N2O4/c1-3-15-9-5-8-10(19-6(2)14-8)4-7(9)11(12(15)16)13(17)18/h4-5,11H,3H2,1-2H3,(H,17,18). The molecule has 1 aliphatic rings. The number of hydrogen-bond acceptors (Lipinski definition) is 4. The van der Waals surface area contributed by atoms with Gasteiger partial charge in [0.05, 0.1) is 5.69 Å². The summed E-state index contributed by atoms with van der Waals surface area (Å²) in [4.78, 5) is 29.1. The van der Waals surface area contributed by atoms with Crippen molar-refractivity contribution in [2.45, 2.75) is 19.8 Å². The van der Waals surface area contributed by atoms with Crippen LogP contribution < -0.4 is 4.90 Å². The number of fused-ring (bicyclic) bond motifs is 2. The normalized spacial score (nSPS) is 18.1. The Labute approximate surface area is 108 Å². The average molecular weight is 260 g/mol. The number of aromatic nitrogens is 1. The molecule has 1 aromatic carbocycles. The van der Waals surface area contributed by atoms with Crippen LogP contribution in [0.25, 0.3) is 11.1 Å². The lowest BCUT2D eigenvalue weighted by Crippen LogP contribution is -2.31. The van der Waals surface area contributed by atoms with Crippen molar-refractivity contribution in [3.63, 3.8) is 0 Å². The zero-order valence-corrected chi connectivity index (χ0v) is 10.5. The summed E-state index contributed by atoms with van der Waals surface area (Å²) < 4.78 is 5.39. The van der Waals surface area contributed by atoms with Gasteiger partial charge in [-0.15, -0.1) is 0 Å². The van der Waals surface area contributed by atoms with Gasteiger partial charge >= 0.3 is 5.97 Å². The fourth-order valence-electron chi connectivity index (χ4n) is 2.53. The summed E-state index contributed by atoms with van der Waals surface area (Å²) in [6, 6.07) is 3.32. The summed E-state index contributed by atoms with van der Waals surface area (Å²) in [6.45, 7) is 3.96. The highest BCUT2D eigenvalue weighted by atomic mass is 16.4. The zero-order valence-electron chi connectivity index (χ0n) is 10.5. The third-order valence-corrected chi connectivity index (χ3v) is 3.32. The molecule has 6 nitrogen and oxygen atoms in total. The molecule has 2 heterocycles. The lowest BCUT2D eigenvalue weighted by Gasteiger charge is -2.14. The molecule has 1 aliphatic heterocycles. The van der Waals surface area contributed by atoms with E-state index in [9.17, 15) is 14.7 Å². The maximum absolute atomic E-state index is 12.1. The lowest BCUT2D eigenvalue weighted by atomic mass is 10.0. The van der Waals surface area contributed by atoms with Crippen molar-refractivity contribution in [1.29, 1.82) is 0 Å². The van der Waals surface area contributed by atoms with Crippen molar-refractivity contribution in [3.05, 3.63) is 23.6 Å². The number of benzene rings is 1. The summed E-state index contributed by atoms with van der Waals surface area (Å²) in [6.07, 6.45) is 0. The molecule has 1 unspecified atom stereocenters. The Hall–Kier alpha value is -2.37. The number of oxazole rings is 1. The van der Waals surface area contributed by atoms with Crippen LogP contribution in [0.2, 0.25) is 0 Å². The molecule has 98 valence electrons. The molecule has 1 N–H and O–H groups in total. The van der Waals surface area contributed by atoms with E-state index in [2.05, 4.69) is 4.98 Å². The second-order valence-electron chi connectivity index (χ2n) is 4.47. The first-order valence-corrected chi connectivity index (χ1v) is 5.98. The van der Waals surface area contributed by atoms with Gasteiger partial charge < -0.3 is 14.4 Å². The number of carboxylic acids is 1. The molecule has 3 rings (SSSR count). The number of likely N-dealkylation sites (N-methyl/N-ethyl adjacent to an activating group) is 1. The second kappa shape index (κ2) is 3.81. The van der Waals surface area contributed by atoms with E-state index < -0.39 is 17.8 Å². The topological polar surface area (TPSA) is 83.6 Å². The minimum atomic E-state index is -1.15. The van der Waals surface area contributed by atoms with Crippen molar-refractivity contribution >= 4 is 28.7 Å². The van der Waals surface area contributed by atoms with E-state index in [4.69, 9.17) is 4.42 Å². The maximum atomic E-state index is 12.1. The molecular formula is C13H12N2O4. The Bertz CT molecular complexity index is 704. The molecule has 0 spiro atoms. The van der Waals surface area contributed by atoms with Gasteiger partial charge in [0.25, 0.3) is 0 Å². The van der Waals surface area contributed by atoms with Crippen molar-refractivity contribution in [3.8, 4) is 0 Å². The molecule has 1 atom stereocenters. The third-order valence-electron chi connectivity index (χ3n) is 3.32. The number of rotatable bonds is 2. The van der Waals surface area contributed by atoms with Crippen LogP contribution in [0.4, 0.5) is 5.69 Å². The van der Waals surface area contributed by atoms with Crippen molar-refractivity contribution < 1.29 is 19.1 Å². The van der Waals surface area contributed by atoms with Crippen LogP contribution in [-0.4, -0.2) is 28.5 Å². The highest BCUT2D eigenvalue weighted by Crippen LogP contribution is 2.40. The molecule has 19 heavy (non-hydrogen) atoms. The summed E-state index contributed by atoms with van der Waals surface area (Å²) in [5, 5.41) is 9.23. The zero-order chi connectivity index (χ0) is 13.7. The largest absolute Gasteiger partial charge is 0.480 e. The highest BCUT2D eigenvalue weighted by Gasteiger charge is 2.42. The molecule has 0 saturated heterocycles. The Balaban J connectivity index is 2.28. The van der Waals surface area contributed by atoms with E-state index in [0.717, 1.165) is 0 Å². The number of carboxylic acid groups (broad SMARTS) is 1. The van der Waals surface area contributed by atoms with Crippen LogP contribution in [-0.2, 0) is 9.59 Å². The molecule has 1 aromatic heterocycles. The molecule has 0 bridgehead atoms. The van der Waals surface area contributed by atoms with E-state index in [-0.39, 0.29) is 0 Å². The number of aryl methyl sites for hydroxylation is 1. The number of aliphatic carboxylic acids is 1. The number of anilines is 1. The Morgan fingerprint density at radius 1 is 1.53 bits per heavy atom. The van der Waals surface area contributed by atoms with Crippen LogP contribution >= 0.6 is 0 Å². The fourth-order valence-corrected chi connectivity index (χ4v) is 2.53. The number of nitrogens with zero attached hydrogens (tertiary/aromatic N) is 2. The predicted molar refractivity (Wildman–Crippen MR) is 67.1 cm³/mol. The molecule has 1 amide bonds. The SMILES string of the molecule is CCN1C(=O)C(C(=O)O)c2cc3oc(C)nc3cc21. The first-order valence-electron chi connectivity index (χ1n) is 5.98. The van der Waals surface area contributed by atoms with Crippen LogP contribution in [0.1, 0.15) is 24.3 Å². The number of amides is 1. The van der Waals surface area contributed by atoms with E-state index in [0.29, 0.717) is 34.8 Å². The van der Waals surface area contributed by atoms with Gasteiger partial charge in [0.1, 0.15) is 5.52 Å². The fraction of sp³-hybridized carbons (Fsp3) is 0.308. The van der Waals surface area contributed by atoms with E-state index in [1.807, 2.05) is 6.92 Å². The number of carbonyl (C=O) groups is 2. The highest BCUT2D eigenvalue weighted by molar-refractivity contribution is 6.16. The van der Waals surface area contributed by atoms with Crippen LogP contribution in [0.15, 0.2) is 16.5 Å². The van der Waals surface area contributed by atoms with Gasteiger partial charge in [0, 0.05) is 19.0 Å². The third kappa shape index (κ3) is 1.53. The smallest absolute Gasteiger partial charge is 0.320 e. The lowest BCUT2D eigenvalue weighted by molar-refractivity contribution is -0.141. The van der Waals surface area contributed by atoms with Gasteiger partial charge in [-0.05, 0) is 19.1 Å². The molecule has 0 saturated carbocycles. The molecular weight excluding hydrogens is 248 g/mol. The molecule has 0 aliphatic carbocycles. The monoisotopic (exact) mass is 260 g/mol. The van der Waals surface area contributed by atoms with Crippen molar-refractivity contribution in [2.24, 2.45) is 0 Å². The van der Waals surface area contributed by atoms with Gasteiger partial charge in [-0.2, -0.15) is 0 Å². The van der Waals surface area contributed by atoms with E-state index >= 15 is 0 Å². The summed E-state index contributed by atoms with van der Waals surface area (Å²) in [7, 11) is 0. The summed E-state index contributed by atoms with van der Waals surface area (Å²) in [5.41, 5.74) is 2.23. The summed E-state index contributed by atoms with van der Waals surface area (Å²) in [5.74, 6) is -2.18. The maximum Gasteiger partial charge on any atom is 0.320 e. The van der Waals surface area contributed by atoms with Crippen LogP contribution in [0.5, 0.6) is 0 Å². The molecule has 0 radical (unpaired) electrons. The molecule has 6 heteroatoms. The molecule has 0 fully saturated rings. The first-order chi connectivity index (χ1) is 9.02. The number of hydrogen-bond donors (Lipinski definition) is 1. The van der Waals surface area contributed by atoms with Crippen LogP contribution in [0.3, 0.4) is 0 Å². The quantitative estimate of drug-likeness (QED) is 0.830. The Kier molecular flexibility index (Phi) is 2.35. The van der Waals surface area contributed by atoms with Crippen molar-refractivity contribution in [1.82, 2.24) is 4.98 Å². The minimum absolute atomic E-state index is 0.408. The van der Waals surface area contributed by atoms with Crippen molar-refractivity contribution in [2.75, 3.05) is 11.4 Å². The van der Waals surface area contributed by atoms with Gasteiger partial charge in [-0.25, -0.2) is 4.98 Å². The molecule has 2 aromatic rings. The number of carbonyl (C=O) groups excluding carboxylic acids is 1. The Morgan fingerprint density at radius 2 is 2.26 bits per heavy atom. The van der Waals surface area contributed by atoms with Crippen LogP contribution in [0, 0.1) is 6.92 Å². The second-order valence-corrected chi connectivity index (χ2v) is 4.47. The van der Waals surface area contributed by atoms with E-state index in [1.54, 1.807) is 19.1 Å². The van der Waals surface area contributed by atoms with Gasteiger partial charge in [-0.1, -0.05) is 0 Å². The first kappa shape index (κ1) is 11.7. The van der Waals surface area contributed by atoms with Gasteiger partial charge in [0.15, 0.2) is 17.4 Å². The van der Waals surface area contributed by atoms with Gasteiger partial charge in [-0.3, -0.25) is 9.59 Å². The predicted octanol–water partition coefficient (Wildman–Crippen LogP) is 1.67. The minimum Gasteiger partial charge on any atom is -0.480 e. The average Bonchev–Trinajstić information content (AvgIpc) is 2.80.